The van der Waals surface area contributed by atoms with Crippen LogP contribution in [0.5, 0.6) is 0 Å². The van der Waals surface area contributed by atoms with Gasteiger partial charge in [-0.2, -0.15) is 0 Å². The van der Waals surface area contributed by atoms with Crippen molar-refractivity contribution >= 4 is 0 Å². The molecule has 0 spiro atoms. The summed E-state index contributed by atoms with van der Waals surface area (Å²) in [6.07, 6.45) is 5.76. The first-order chi connectivity index (χ1) is 3.45. The molecule has 0 aliphatic heterocycles. The molecule has 1 N–H and O–H groups in total. The summed E-state index contributed by atoms with van der Waals surface area (Å²) < 4.78 is 0. The van der Waals surface area contributed by atoms with Crippen LogP contribution in [0.1, 0.15) is 25.7 Å². The third-order valence-electron chi connectivity index (χ3n) is 1.63. The molecule has 2 rings (SSSR count). The van der Waals surface area contributed by atoms with E-state index in [4.69, 9.17) is 0 Å². The number of halogens is 2. The van der Waals surface area contributed by atoms with Gasteiger partial charge in [0.05, 0.1) is 0 Å². The Morgan fingerprint density at radius 2 is 1.10 bits per heavy atom. The van der Waals surface area contributed by atoms with Gasteiger partial charge in [-0.1, -0.05) is 0 Å². The van der Waals surface area contributed by atoms with Gasteiger partial charge in [-0.15, -0.1) is 0 Å². The molecule has 0 bridgehead atoms. The normalized spacial score (nSPS) is 21.6. The fraction of sp³-hybridized carbons (Fsp3) is 1.00. The van der Waals surface area contributed by atoms with Gasteiger partial charge in [0.15, 0.2) is 0 Å². The fourth-order valence-corrected chi connectivity index (χ4v) is 0.833. The predicted molar refractivity (Wildman–Crippen MR) is 29.2 cm³/mol. The molecule has 0 aromatic rings. The van der Waals surface area contributed by atoms with Crippen LogP contribution in [0.4, 0.5) is 0 Å². The van der Waals surface area contributed by atoms with E-state index in [0.717, 1.165) is 12.1 Å². The van der Waals surface area contributed by atoms with Crippen LogP contribution in [-0.2, 0) is 21.1 Å². The minimum atomic E-state index is 0. The summed E-state index contributed by atoms with van der Waals surface area (Å²) in [4.78, 5) is 0. The molecule has 0 saturated heterocycles. The Morgan fingerprint density at radius 1 is 0.800 bits per heavy atom. The summed E-state index contributed by atoms with van der Waals surface area (Å²) in [5.41, 5.74) is 0. The van der Waals surface area contributed by atoms with Crippen molar-refractivity contribution in [3.05, 3.63) is 0 Å². The topological polar surface area (TPSA) is 12.0 Å². The minimum absolute atomic E-state index is 0. The minimum Gasteiger partial charge on any atom is -1.00 e. The van der Waals surface area contributed by atoms with Gasteiger partial charge < -0.3 is 53.3 Å². The van der Waals surface area contributed by atoms with Crippen LogP contribution in [0.15, 0.2) is 0 Å². The van der Waals surface area contributed by atoms with Crippen LogP contribution < -0.4 is 53.3 Å². The van der Waals surface area contributed by atoms with Gasteiger partial charge in [0, 0.05) is 12.1 Å². The van der Waals surface area contributed by atoms with Crippen molar-refractivity contribution < 1.29 is 69.0 Å². The first-order valence-corrected chi connectivity index (χ1v) is 3.21. The molecule has 0 radical (unpaired) electrons. The Bertz CT molecular complexity index is 73.8. The van der Waals surface area contributed by atoms with Crippen LogP contribution >= 0.6 is 0 Å². The average Bonchev–Trinajstić information content (AvgIpc) is 2.33. The summed E-state index contributed by atoms with van der Waals surface area (Å²) in [5.74, 6) is 0. The van der Waals surface area contributed by atoms with E-state index in [1.54, 1.807) is 0 Å². The zero-order valence-electron chi connectivity index (χ0n) is 5.56. The number of hydrogen-bond acceptors (Lipinski definition) is 1. The number of hydrogen-bond donors (Lipinski definition) is 1. The predicted octanol–water partition coefficient (Wildman–Crippen LogP) is -5.09. The maximum absolute atomic E-state index is 3.53. The molecule has 1 nitrogen and oxygen atoms in total. The Morgan fingerprint density at radius 3 is 1.30 bits per heavy atom. The van der Waals surface area contributed by atoms with E-state index in [-0.39, 0.29) is 69.0 Å². The third kappa shape index (κ3) is 5.72. The largest absolute Gasteiger partial charge is 2.00 e. The van der Waals surface area contributed by atoms with Crippen molar-refractivity contribution in [3.8, 4) is 0 Å². The molecular weight excluding hydrogens is 535 g/mol. The molecule has 0 heterocycles. The smallest absolute Gasteiger partial charge is 1.00 e. The third-order valence-corrected chi connectivity index (χ3v) is 1.63. The van der Waals surface area contributed by atoms with E-state index < -0.39 is 0 Å². The molecule has 0 aromatic heterocycles. The summed E-state index contributed by atoms with van der Waals surface area (Å²) in [6.45, 7) is 0. The number of rotatable bonds is 2. The summed E-state index contributed by atoms with van der Waals surface area (Å²) in [6, 6.07) is 1.87. The molecule has 10 heavy (non-hydrogen) atoms. The van der Waals surface area contributed by atoms with Gasteiger partial charge >= 0.3 is 21.1 Å². The van der Waals surface area contributed by atoms with Gasteiger partial charge in [0.1, 0.15) is 0 Å². The van der Waals surface area contributed by atoms with Gasteiger partial charge in [-0.3, -0.25) is 0 Å². The van der Waals surface area contributed by atoms with Crippen molar-refractivity contribution in [1.29, 1.82) is 0 Å². The SMILES string of the molecule is C1CC1NC1CC1.[I-].[I-].[Pt+2]. The summed E-state index contributed by atoms with van der Waals surface area (Å²) in [5, 5.41) is 3.53. The summed E-state index contributed by atoms with van der Waals surface area (Å²) in [7, 11) is 0. The van der Waals surface area contributed by atoms with Crippen molar-refractivity contribution in [1.82, 2.24) is 5.32 Å². The average molecular weight is 546 g/mol. The fourth-order valence-electron chi connectivity index (χ4n) is 0.833. The zero-order chi connectivity index (χ0) is 4.69. The summed E-state index contributed by atoms with van der Waals surface area (Å²) >= 11 is 0. The van der Waals surface area contributed by atoms with Crippen LogP contribution in [0.3, 0.4) is 0 Å². The second-order valence-corrected chi connectivity index (χ2v) is 2.72. The van der Waals surface area contributed by atoms with Crippen molar-refractivity contribution in [3.63, 3.8) is 0 Å². The van der Waals surface area contributed by atoms with Crippen molar-refractivity contribution in [2.24, 2.45) is 0 Å². The Balaban J connectivity index is 0. The molecular formula is C6H11I2NPt. The molecule has 64 valence electrons. The van der Waals surface area contributed by atoms with E-state index in [1.807, 2.05) is 0 Å². The van der Waals surface area contributed by atoms with Crippen LogP contribution in [0, 0.1) is 0 Å². The van der Waals surface area contributed by atoms with Crippen LogP contribution in [0.25, 0.3) is 0 Å². The van der Waals surface area contributed by atoms with Gasteiger partial charge in [0.2, 0.25) is 0 Å². The molecule has 0 amide bonds. The second-order valence-electron chi connectivity index (χ2n) is 2.72. The molecule has 0 unspecified atom stereocenters. The van der Waals surface area contributed by atoms with Crippen molar-refractivity contribution in [2.75, 3.05) is 0 Å². The molecule has 4 heteroatoms. The van der Waals surface area contributed by atoms with Crippen LogP contribution in [-0.4, -0.2) is 12.1 Å². The van der Waals surface area contributed by atoms with Gasteiger partial charge in [0.25, 0.3) is 0 Å². The van der Waals surface area contributed by atoms with E-state index in [0.29, 0.717) is 0 Å². The van der Waals surface area contributed by atoms with Gasteiger partial charge in [-0.25, -0.2) is 0 Å². The Labute approximate surface area is 111 Å². The van der Waals surface area contributed by atoms with E-state index in [1.165, 1.54) is 25.7 Å². The van der Waals surface area contributed by atoms with Gasteiger partial charge in [-0.05, 0) is 25.7 Å². The quantitative estimate of drug-likeness (QED) is 0.343. The molecule has 2 saturated carbocycles. The standard InChI is InChI=1S/C6H11N.2HI.Pt/c1-2-5(1)7-6-3-4-6;;;/h5-7H,1-4H2;2*1H;/q;;;+2/p-2. The van der Waals surface area contributed by atoms with Crippen molar-refractivity contribution in [2.45, 2.75) is 37.8 Å². The Kier molecular flexibility index (Phi) is 9.66. The van der Waals surface area contributed by atoms with Crippen LogP contribution in [0.2, 0.25) is 0 Å². The van der Waals surface area contributed by atoms with E-state index in [9.17, 15) is 0 Å². The molecule has 2 aliphatic rings. The number of nitrogens with one attached hydrogen (secondary N) is 1. The zero-order valence-corrected chi connectivity index (χ0v) is 12.1. The Hall–Kier alpha value is 2.11. The first-order valence-electron chi connectivity index (χ1n) is 3.21. The monoisotopic (exact) mass is 546 g/mol. The second kappa shape index (κ2) is 6.61. The molecule has 0 atom stereocenters. The molecule has 0 aromatic carbocycles. The van der Waals surface area contributed by atoms with E-state index >= 15 is 0 Å². The molecule has 2 fully saturated rings. The maximum Gasteiger partial charge on any atom is 2.00 e. The van der Waals surface area contributed by atoms with E-state index in [2.05, 4.69) is 5.32 Å². The molecule has 2 aliphatic carbocycles. The maximum atomic E-state index is 3.53. The first kappa shape index (κ1) is 14.6.